The molecular weight excluding hydrogens is 292 g/mol. The Balaban J connectivity index is 2.40. The van der Waals surface area contributed by atoms with E-state index in [4.69, 9.17) is 9.47 Å². The van der Waals surface area contributed by atoms with E-state index in [1.54, 1.807) is 25.5 Å². The van der Waals surface area contributed by atoms with Gasteiger partial charge in [-0.3, -0.25) is 9.79 Å². The number of fused-ring (bicyclic) bond motifs is 1. The minimum atomic E-state index is -0.354. The Morgan fingerprint density at radius 2 is 2.00 bits per heavy atom. The van der Waals surface area contributed by atoms with Gasteiger partial charge in [0, 0.05) is 18.8 Å². The zero-order valence-corrected chi connectivity index (χ0v) is 14.7. The summed E-state index contributed by atoms with van der Waals surface area (Å²) in [4.78, 5) is 19.0. The fourth-order valence-corrected chi connectivity index (χ4v) is 2.43. The molecule has 126 valence electrons. The summed E-state index contributed by atoms with van der Waals surface area (Å²) < 4.78 is 11.3. The van der Waals surface area contributed by atoms with Crippen LogP contribution in [0.1, 0.15) is 50.9 Å². The van der Waals surface area contributed by atoms with Crippen molar-refractivity contribution in [3.05, 3.63) is 17.7 Å². The van der Waals surface area contributed by atoms with Crippen LogP contribution >= 0.6 is 0 Å². The number of methoxy groups -OCH3 is 1. The summed E-state index contributed by atoms with van der Waals surface area (Å²) in [6, 6.07) is 3.53. The Labute approximate surface area is 138 Å². The van der Waals surface area contributed by atoms with Crippen LogP contribution in [-0.4, -0.2) is 42.8 Å². The van der Waals surface area contributed by atoms with E-state index in [1.807, 2.05) is 25.7 Å². The Hall–Kier alpha value is -2.04. The second-order valence-electron chi connectivity index (χ2n) is 6.65. The highest BCUT2D eigenvalue weighted by atomic mass is 16.5. The van der Waals surface area contributed by atoms with Crippen LogP contribution < -0.4 is 9.47 Å². The first-order chi connectivity index (χ1) is 10.9. The predicted octanol–water partition coefficient (Wildman–Crippen LogP) is 3.83. The van der Waals surface area contributed by atoms with Gasteiger partial charge >= 0.3 is 0 Å². The van der Waals surface area contributed by atoms with E-state index >= 15 is 0 Å². The average Bonchev–Trinajstić information content (AvgIpc) is 2.62. The molecule has 0 aliphatic carbocycles. The second kappa shape index (κ2) is 7.02. The summed E-state index contributed by atoms with van der Waals surface area (Å²) in [6.07, 6.45) is 3.82. The van der Waals surface area contributed by atoms with Crippen LogP contribution in [0.5, 0.6) is 11.5 Å². The van der Waals surface area contributed by atoms with Gasteiger partial charge in [-0.2, -0.15) is 0 Å². The summed E-state index contributed by atoms with van der Waals surface area (Å²) in [5.74, 6) is 1.15. The maximum absolute atomic E-state index is 12.8. The predicted molar refractivity (Wildman–Crippen MR) is 92.3 cm³/mol. The standard InChI is InChI=1S/C18H26N2O3/c1-6-7-9-20-10-8-19-14-12-16(23-18(2,3)4)15(22-5)11-13(14)17(20)21/h8,11-12H,6-7,9-10H2,1-5H3. The maximum atomic E-state index is 12.8. The van der Waals surface area contributed by atoms with Gasteiger partial charge in [-0.25, -0.2) is 0 Å². The van der Waals surface area contributed by atoms with Crippen molar-refractivity contribution in [3.63, 3.8) is 0 Å². The molecule has 1 aliphatic heterocycles. The SMILES string of the molecule is CCCCN1CC=Nc2cc(OC(C)(C)C)c(OC)cc2C1=O. The third kappa shape index (κ3) is 4.24. The molecule has 0 spiro atoms. The van der Waals surface area contributed by atoms with Crippen molar-refractivity contribution in [1.29, 1.82) is 0 Å². The first kappa shape index (κ1) is 17.3. The minimum Gasteiger partial charge on any atom is -0.493 e. The van der Waals surface area contributed by atoms with Crippen molar-refractivity contribution < 1.29 is 14.3 Å². The maximum Gasteiger partial charge on any atom is 0.256 e. The molecule has 0 atom stereocenters. The molecule has 1 aromatic rings. The zero-order valence-electron chi connectivity index (χ0n) is 14.7. The summed E-state index contributed by atoms with van der Waals surface area (Å²) in [5, 5.41) is 0. The van der Waals surface area contributed by atoms with Crippen molar-refractivity contribution in [3.8, 4) is 11.5 Å². The van der Waals surface area contributed by atoms with E-state index < -0.39 is 0 Å². The van der Waals surface area contributed by atoms with Crippen LogP contribution in [0.15, 0.2) is 17.1 Å². The fourth-order valence-electron chi connectivity index (χ4n) is 2.43. The quantitative estimate of drug-likeness (QED) is 0.829. The summed E-state index contributed by atoms with van der Waals surface area (Å²) in [7, 11) is 1.58. The highest BCUT2D eigenvalue weighted by Gasteiger charge is 2.24. The molecule has 0 N–H and O–H groups in total. The lowest BCUT2D eigenvalue weighted by Gasteiger charge is -2.24. The molecule has 0 aromatic heterocycles. The molecule has 0 saturated carbocycles. The Bertz CT molecular complexity index is 603. The van der Waals surface area contributed by atoms with Crippen molar-refractivity contribution >= 4 is 17.8 Å². The molecule has 1 amide bonds. The number of aliphatic imine (C=N–C) groups is 1. The number of rotatable bonds is 5. The number of hydrogen-bond donors (Lipinski definition) is 0. The fraction of sp³-hybridized carbons (Fsp3) is 0.556. The Morgan fingerprint density at radius 3 is 2.61 bits per heavy atom. The number of amides is 1. The minimum absolute atomic E-state index is 0.00782. The number of nitrogens with zero attached hydrogens (tertiary/aromatic N) is 2. The molecule has 1 aromatic carbocycles. The van der Waals surface area contributed by atoms with E-state index in [0.717, 1.165) is 19.4 Å². The lowest BCUT2D eigenvalue weighted by atomic mass is 10.1. The third-order valence-corrected chi connectivity index (χ3v) is 3.53. The molecule has 5 heteroatoms. The van der Waals surface area contributed by atoms with Gasteiger partial charge in [0.15, 0.2) is 11.5 Å². The monoisotopic (exact) mass is 318 g/mol. The van der Waals surface area contributed by atoms with Gasteiger partial charge in [-0.15, -0.1) is 0 Å². The van der Waals surface area contributed by atoms with Crippen LogP contribution in [0, 0.1) is 0 Å². The second-order valence-corrected chi connectivity index (χ2v) is 6.65. The van der Waals surface area contributed by atoms with Gasteiger partial charge in [-0.05, 0) is 33.3 Å². The van der Waals surface area contributed by atoms with E-state index in [9.17, 15) is 4.79 Å². The van der Waals surface area contributed by atoms with Gasteiger partial charge in [0.25, 0.3) is 5.91 Å². The first-order valence-electron chi connectivity index (χ1n) is 8.08. The lowest BCUT2D eigenvalue weighted by Crippen LogP contribution is -2.32. The van der Waals surface area contributed by atoms with Crippen LogP contribution in [0.25, 0.3) is 0 Å². The van der Waals surface area contributed by atoms with Gasteiger partial charge in [0.1, 0.15) is 5.60 Å². The molecule has 1 heterocycles. The first-order valence-corrected chi connectivity index (χ1v) is 8.08. The number of hydrogen-bond acceptors (Lipinski definition) is 4. The molecule has 0 radical (unpaired) electrons. The van der Waals surface area contributed by atoms with Gasteiger partial charge in [-0.1, -0.05) is 13.3 Å². The number of benzene rings is 1. The number of carbonyl (C=O) groups excluding carboxylic acids is 1. The largest absolute Gasteiger partial charge is 0.493 e. The molecule has 0 bridgehead atoms. The molecule has 23 heavy (non-hydrogen) atoms. The molecule has 1 aliphatic rings. The highest BCUT2D eigenvalue weighted by molar-refractivity contribution is 6.02. The van der Waals surface area contributed by atoms with Gasteiger partial charge in [0.05, 0.1) is 24.9 Å². The van der Waals surface area contributed by atoms with Gasteiger partial charge < -0.3 is 14.4 Å². The normalized spacial score (nSPS) is 14.5. The molecule has 0 unspecified atom stereocenters. The van der Waals surface area contributed by atoms with Crippen molar-refractivity contribution in [2.75, 3.05) is 20.2 Å². The zero-order chi connectivity index (χ0) is 17.0. The van der Waals surface area contributed by atoms with Gasteiger partial charge in [0.2, 0.25) is 0 Å². The van der Waals surface area contributed by atoms with Crippen LogP contribution in [-0.2, 0) is 0 Å². The molecule has 0 fully saturated rings. The third-order valence-electron chi connectivity index (χ3n) is 3.53. The summed E-state index contributed by atoms with van der Waals surface area (Å²) in [6.45, 7) is 9.30. The van der Waals surface area contributed by atoms with E-state index in [2.05, 4.69) is 11.9 Å². The van der Waals surface area contributed by atoms with E-state index in [0.29, 0.717) is 29.3 Å². The molecule has 2 rings (SSSR count). The summed E-state index contributed by atoms with van der Waals surface area (Å²) >= 11 is 0. The van der Waals surface area contributed by atoms with E-state index in [1.165, 1.54) is 0 Å². The van der Waals surface area contributed by atoms with E-state index in [-0.39, 0.29) is 11.5 Å². The van der Waals surface area contributed by atoms with Crippen LogP contribution in [0.4, 0.5) is 5.69 Å². The van der Waals surface area contributed by atoms with Crippen LogP contribution in [0.2, 0.25) is 0 Å². The molecule has 0 saturated heterocycles. The molecule has 5 nitrogen and oxygen atoms in total. The summed E-state index contributed by atoms with van der Waals surface area (Å²) in [5.41, 5.74) is 0.842. The van der Waals surface area contributed by atoms with Crippen molar-refractivity contribution in [2.45, 2.75) is 46.1 Å². The Morgan fingerprint density at radius 1 is 1.26 bits per heavy atom. The number of unbranched alkanes of at least 4 members (excludes halogenated alkanes) is 1. The average molecular weight is 318 g/mol. The van der Waals surface area contributed by atoms with Crippen molar-refractivity contribution in [1.82, 2.24) is 4.90 Å². The smallest absolute Gasteiger partial charge is 0.256 e. The highest BCUT2D eigenvalue weighted by Crippen LogP contribution is 2.38. The topological polar surface area (TPSA) is 51.1 Å². The van der Waals surface area contributed by atoms with Crippen molar-refractivity contribution in [2.24, 2.45) is 4.99 Å². The lowest BCUT2D eigenvalue weighted by molar-refractivity contribution is 0.0781. The number of carbonyl (C=O) groups is 1. The van der Waals surface area contributed by atoms with Crippen LogP contribution in [0.3, 0.4) is 0 Å². The number of ether oxygens (including phenoxy) is 2. The Kier molecular flexibility index (Phi) is 5.29. The molecular formula is C18H26N2O3.